The topological polar surface area (TPSA) is 9.23 Å². The third-order valence-electron chi connectivity index (χ3n) is 5.30. The van der Waals surface area contributed by atoms with Gasteiger partial charge in [0.1, 0.15) is 10.7 Å². The Balaban J connectivity index is 0.00000135. The molecule has 0 radical (unpaired) electrons. The van der Waals surface area contributed by atoms with Crippen LogP contribution in [0.25, 0.3) is 0 Å². The van der Waals surface area contributed by atoms with Crippen molar-refractivity contribution in [2.75, 3.05) is 11.5 Å². The van der Waals surface area contributed by atoms with Gasteiger partial charge in [0.05, 0.1) is 6.61 Å². The van der Waals surface area contributed by atoms with Gasteiger partial charge in [-0.3, -0.25) is 0 Å². The Bertz CT molecular complexity index is 596. The fourth-order valence-electron chi connectivity index (χ4n) is 3.50. The molecule has 1 rings (SSSR count). The minimum absolute atomic E-state index is 0.204. The zero-order chi connectivity index (χ0) is 25.8. The zero-order valence-electron chi connectivity index (χ0n) is 20.8. The van der Waals surface area contributed by atoms with Crippen LogP contribution in [-0.4, -0.2) is 31.0 Å². The molecule has 0 N–H and O–H groups in total. The van der Waals surface area contributed by atoms with E-state index in [2.05, 4.69) is 36.1 Å². The van der Waals surface area contributed by atoms with Gasteiger partial charge in [-0.2, -0.15) is 0 Å². The predicted octanol–water partition coefficient (Wildman–Crippen LogP) is 7.36. The standard InChI is InChI=1S/C25H44IO.6FH.Sb/c1-3-4-5-6-7-8-9-10-11-12-13-14-15-16-17-18-23-27-25-21-19-24(26-2)20-22-25;;;;;;;/h19-22H,3-18,23H2,1-2H3;6*1H;/q+1;;;;;;;+5/p-6. The number of unbranched alkanes of at least 4 members (excludes halogenated alkanes) is 15. The fraction of sp³-hybridized carbons (Fsp3) is 0.760. The van der Waals surface area contributed by atoms with Crippen LogP contribution in [0, 0.1) is 3.57 Å². The molecule has 34 heavy (non-hydrogen) atoms. The third kappa shape index (κ3) is 32.1. The molecule has 1 aromatic carbocycles. The van der Waals surface area contributed by atoms with E-state index in [1.807, 2.05) is 0 Å². The van der Waals surface area contributed by atoms with Crippen LogP contribution in [0.4, 0.5) is 16.9 Å². The van der Waals surface area contributed by atoms with E-state index in [-0.39, 0.29) is 21.2 Å². The van der Waals surface area contributed by atoms with Gasteiger partial charge >= 0.3 is 57.6 Å². The molecule has 0 atom stereocenters. The number of hydrogen-bond donors (Lipinski definition) is 0. The molecule has 0 aliphatic heterocycles. The van der Waals surface area contributed by atoms with Crippen LogP contribution in [-0.2, 0) is 0 Å². The number of rotatable bonds is 19. The summed E-state index contributed by atoms with van der Waals surface area (Å²) in [4.78, 5) is 2.30. The Morgan fingerprint density at radius 3 is 1.24 bits per heavy atom. The average molecular weight is 723 g/mol. The monoisotopic (exact) mass is 722 g/mol. The summed E-state index contributed by atoms with van der Waals surface area (Å²) in [6.45, 7) is 3.17. The summed E-state index contributed by atoms with van der Waals surface area (Å²) in [7, 11) is 0. The molecule has 0 aliphatic carbocycles. The predicted molar refractivity (Wildman–Crippen MR) is 129 cm³/mol. The second-order valence-electron chi connectivity index (χ2n) is 8.75. The van der Waals surface area contributed by atoms with Crippen molar-refractivity contribution in [1.29, 1.82) is 0 Å². The number of ether oxygens (including phenoxy) is 1. The van der Waals surface area contributed by atoms with Gasteiger partial charge in [0, 0.05) is 0 Å². The molecule has 0 amide bonds. The first-order valence-electron chi connectivity index (χ1n) is 12.6. The van der Waals surface area contributed by atoms with Crippen LogP contribution < -0.4 is 25.9 Å². The van der Waals surface area contributed by atoms with Gasteiger partial charge in [0.2, 0.25) is 0 Å². The summed E-state index contributed by atoms with van der Waals surface area (Å²) in [6.07, 6.45) is 22.7. The first kappa shape index (κ1) is 34.1. The summed E-state index contributed by atoms with van der Waals surface area (Å²) >= 11 is -11.0. The quantitative estimate of drug-likeness (QED) is 0.0477. The van der Waals surface area contributed by atoms with Crippen molar-refractivity contribution in [3.8, 4) is 5.75 Å². The van der Waals surface area contributed by atoms with Gasteiger partial charge in [-0.15, -0.1) is 0 Å². The van der Waals surface area contributed by atoms with Crippen LogP contribution in [0.2, 0.25) is 0 Å². The minimum atomic E-state index is -11.2. The summed E-state index contributed by atoms with van der Waals surface area (Å²) in [6, 6.07) is 8.70. The third-order valence-corrected chi connectivity index (χ3v) is 7.26. The van der Waals surface area contributed by atoms with E-state index in [1.54, 1.807) is 0 Å². The van der Waals surface area contributed by atoms with Crippen molar-refractivity contribution >= 4 is 19.5 Å². The molecule has 0 heterocycles. The van der Waals surface area contributed by atoms with E-state index in [0.717, 1.165) is 12.4 Å². The molecule has 9 heteroatoms. The van der Waals surface area contributed by atoms with E-state index < -0.39 is 19.5 Å². The summed E-state index contributed by atoms with van der Waals surface area (Å²) in [5, 5.41) is 0. The van der Waals surface area contributed by atoms with E-state index in [4.69, 9.17) is 4.74 Å². The molecule has 0 spiro atoms. The Hall–Kier alpha value is 0.148. The van der Waals surface area contributed by atoms with Gasteiger partial charge in [-0.05, 0) is 30.7 Å². The Morgan fingerprint density at radius 1 is 0.588 bits per heavy atom. The molecule has 0 aliphatic rings. The van der Waals surface area contributed by atoms with E-state index in [0.29, 0.717) is 0 Å². The molecule has 0 fully saturated rings. The fourth-order valence-corrected chi connectivity index (χ4v) is 4.58. The molecule has 0 bridgehead atoms. The Labute approximate surface area is 216 Å². The zero-order valence-corrected chi connectivity index (χ0v) is 25.5. The molecule has 0 saturated heterocycles. The van der Waals surface area contributed by atoms with E-state index in [1.165, 1.54) is 106 Å². The van der Waals surface area contributed by atoms with Gasteiger partial charge in [0.15, 0.2) is 3.57 Å². The van der Waals surface area contributed by atoms with E-state index in [9.17, 15) is 16.9 Å². The van der Waals surface area contributed by atoms with Crippen LogP contribution >= 0.6 is 0 Å². The molecule has 204 valence electrons. The average Bonchev–Trinajstić information content (AvgIpc) is 2.74. The van der Waals surface area contributed by atoms with Crippen molar-refractivity contribution in [1.82, 2.24) is 0 Å². The molecule has 0 aromatic heterocycles. The molecular weight excluding hydrogens is 679 g/mol. The molecule has 0 saturated carbocycles. The second-order valence-corrected chi connectivity index (χ2v) is 16.5. The van der Waals surface area contributed by atoms with Crippen LogP contribution in [0.1, 0.15) is 110 Å². The van der Waals surface area contributed by atoms with Gasteiger partial charge in [-0.1, -0.05) is 103 Å². The van der Waals surface area contributed by atoms with Crippen LogP contribution in [0.5, 0.6) is 5.75 Å². The molecule has 0 unspecified atom stereocenters. The number of hydrogen-bond acceptors (Lipinski definition) is 1. The Kier molecular flexibility index (Phi) is 17.7. The summed E-state index contributed by atoms with van der Waals surface area (Å²) in [5.74, 6) is 1.04. The number of alkyl halides is 1. The first-order chi connectivity index (χ1) is 15.8. The van der Waals surface area contributed by atoms with Crippen molar-refractivity contribution in [3.05, 3.63) is 27.8 Å². The van der Waals surface area contributed by atoms with Crippen molar-refractivity contribution in [2.24, 2.45) is 0 Å². The van der Waals surface area contributed by atoms with Gasteiger partial charge in [-0.25, -0.2) is 0 Å². The van der Waals surface area contributed by atoms with Gasteiger partial charge < -0.3 is 4.74 Å². The van der Waals surface area contributed by atoms with Crippen molar-refractivity contribution < 1.29 is 42.8 Å². The van der Waals surface area contributed by atoms with E-state index >= 15 is 0 Å². The molecule has 1 aromatic rings. The maximum absolute atomic E-state index is 11.2. The number of halogens is 7. The SMILES string of the molecule is CCCCCCCCCCCCCCCCCCOc1ccc([I+]C)cc1.[F][Sb-]([F])([F])([F])([F])[F]. The van der Waals surface area contributed by atoms with Crippen molar-refractivity contribution in [3.63, 3.8) is 0 Å². The number of benzene rings is 1. The van der Waals surface area contributed by atoms with Gasteiger partial charge in [0.25, 0.3) is 0 Å². The Morgan fingerprint density at radius 2 is 0.912 bits per heavy atom. The normalized spacial score (nSPS) is 13.5. The van der Waals surface area contributed by atoms with Crippen LogP contribution in [0.3, 0.4) is 0 Å². The van der Waals surface area contributed by atoms with Crippen molar-refractivity contribution in [2.45, 2.75) is 110 Å². The summed E-state index contributed by atoms with van der Waals surface area (Å²) < 4.78 is 66.9. The molecule has 1 nitrogen and oxygen atoms in total. The molecular formula is C25H44F6IOSb. The summed E-state index contributed by atoms with van der Waals surface area (Å²) in [5.41, 5.74) is 0. The van der Waals surface area contributed by atoms with Crippen LogP contribution in [0.15, 0.2) is 24.3 Å². The first-order valence-corrected chi connectivity index (χ1v) is 21.6. The maximum atomic E-state index is 9.93. The second kappa shape index (κ2) is 17.6.